The number of nitrogens with zero attached hydrogens (tertiary/aromatic N) is 2. The normalized spacial score (nSPS) is 14.4. The maximum Gasteiger partial charge on any atom is 0.227 e. The third-order valence-corrected chi connectivity index (χ3v) is 4.93. The average Bonchev–Trinajstić information content (AvgIpc) is 2.69. The molecule has 0 bridgehead atoms. The van der Waals surface area contributed by atoms with Gasteiger partial charge in [0.2, 0.25) is 5.91 Å². The van der Waals surface area contributed by atoms with E-state index in [1.54, 1.807) is 14.2 Å². The number of carbonyl (C=O) groups excluding carboxylic acids is 1. The van der Waals surface area contributed by atoms with E-state index in [1.165, 1.54) is 11.1 Å². The summed E-state index contributed by atoms with van der Waals surface area (Å²) in [5, 5.41) is 6.26. The summed E-state index contributed by atoms with van der Waals surface area (Å²) in [7, 11) is 3.31. The number of fused-ring (bicyclic) bond motifs is 1. The van der Waals surface area contributed by atoms with Crippen molar-refractivity contribution in [2.45, 2.75) is 40.7 Å². The Morgan fingerprint density at radius 3 is 2.29 bits per heavy atom. The maximum absolute atomic E-state index is 12.3. The Labute approximate surface area is 168 Å². The van der Waals surface area contributed by atoms with Gasteiger partial charge in [0.15, 0.2) is 17.5 Å². The number of ether oxygens (including phenoxy) is 2. The molecule has 0 radical (unpaired) electrons. The first-order chi connectivity index (χ1) is 13.4. The third kappa shape index (κ3) is 5.09. The molecule has 0 aromatic heterocycles. The number of carbonyl (C=O) groups is 1. The van der Waals surface area contributed by atoms with E-state index in [0.717, 1.165) is 43.5 Å². The fourth-order valence-electron chi connectivity index (χ4n) is 3.23. The van der Waals surface area contributed by atoms with Gasteiger partial charge in [-0.1, -0.05) is 0 Å². The second-order valence-electron chi connectivity index (χ2n) is 7.56. The first-order valence-corrected chi connectivity index (χ1v) is 9.91. The van der Waals surface area contributed by atoms with Gasteiger partial charge in [0.05, 0.1) is 26.2 Å². The fourth-order valence-corrected chi connectivity index (χ4v) is 3.23. The zero-order valence-electron chi connectivity index (χ0n) is 18.0. The van der Waals surface area contributed by atoms with Gasteiger partial charge in [-0.15, -0.1) is 0 Å². The molecular formula is C21H34N4O3. The summed E-state index contributed by atoms with van der Waals surface area (Å²) in [5.74, 6) is 2.36. The number of rotatable bonds is 7. The molecular weight excluding hydrogens is 356 g/mol. The number of benzene rings is 1. The van der Waals surface area contributed by atoms with Crippen molar-refractivity contribution < 1.29 is 14.3 Å². The van der Waals surface area contributed by atoms with Gasteiger partial charge < -0.3 is 25.0 Å². The summed E-state index contributed by atoms with van der Waals surface area (Å²) >= 11 is 0. The number of amides is 1. The Morgan fingerprint density at radius 2 is 1.71 bits per heavy atom. The minimum atomic E-state index is -0.555. The number of hydrogen-bond donors (Lipinski definition) is 2. The van der Waals surface area contributed by atoms with E-state index in [1.807, 2.05) is 26.8 Å². The fraction of sp³-hybridized carbons (Fsp3) is 0.619. The van der Waals surface area contributed by atoms with Crippen LogP contribution in [0.15, 0.2) is 17.1 Å². The Balaban J connectivity index is 2.20. The molecule has 0 unspecified atom stereocenters. The lowest BCUT2D eigenvalue weighted by molar-refractivity contribution is -0.128. The summed E-state index contributed by atoms with van der Waals surface area (Å²) < 4.78 is 10.9. The van der Waals surface area contributed by atoms with Gasteiger partial charge >= 0.3 is 0 Å². The number of hydrogen-bond acceptors (Lipinski definition) is 4. The maximum atomic E-state index is 12.3. The van der Waals surface area contributed by atoms with Gasteiger partial charge in [-0.05, 0) is 57.4 Å². The van der Waals surface area contributed by atoms with Crippen molar-refractivity contribution in [1.82, 2.24) is 15.5 Å². The van der Waals surface area contributed by atoms with Gasteiger partial charge in [-0.2, -0.15) is 0 Å². The summed E-state index contributed by atoms with van der Waals surface area (Å²) in [6.07, 6.45) is 0.903. The van der Waals surface area contributed by atoms with Crippen molar-refractivity contribution in [3.05, 3.63) is 23.3 Å². The minimum Gasteiger partial charge on any atom is -0.493 e. The molecule has 7 heteroatoms. The molecule has 1 aromatic rings. The van der Waals surface area contributed by atoms with E-state index in [4.69, 9.17) is 14.5 Å². The van der Waals surface area contributed by atoms with E-state index in [2.05, 4.69) is 28.5 Å². The van der Waals surface area contributed by atoms with Crippen LogP contribution in [0.2, 0.25) is 0 Å². The van der Waals surface area contributed by atoms with Crippen molar-refractivity contribution >= 4 is 11.9 Å². The molecule has 0 fully saturated rings. The molecule has 0 atom stereocenters. The van der Waals surface area contributed by atoms with Gasteiger partial charge in [0.25, 0.3) is 0 Å². The van der Waals surface area contributed by atoms with Crippen LogP contribution in [0.1, 0.15) is 38.8 Å². The van der Waals surface area contributed by atoms with Crippen molar-refractivity contribution in [3.63, 3.8) is 0 Å². The molecule has 7 nitrogen and oxygen atoms in total. The molecule has 1 aliphatic heterocycles. The quantitative estimate of drug-likeness (QED) is 0.551. The highest BCUT2D eigenvalue weighted by Crippen LogP contribution is 2.33. The molecule has 28 heavy (non-hydrogen) atoms. The summed E-state index contributed by atoms with van der Waals surface area (Å²) in [6, 6.07) is 4.11. The van der Waals surface area contributed by atoms with E-state index in [-0.39, 0.29) is 5.91 Å². The lowest BCUT2D eigenvalue weighted by atomic mass is 9.92. The SMILES string of the molecule is CCNC(=O)C(C)(C)CN=C(NCC)N1CCc2cc(OC)c(OC)cc2C1. The molecule has 0 saturated carbocycles. The zero-order valence-corrected chi connectivity index (χ0v) is 18.0. The van der Waals surface area contributed by atoms with Crippen molar-refractivity contribution in [2.75, 3.05) is 40.4 Å². The topological polar surface area (TPSA) is 75.2 Å². The summed E-state index contributed by atoms with van der Waals surface area (Å²) in [4.78, 5) is 19.3. The van der Waals surface area contributed by atoms with Crippen molar-refractivity contribution in [1.29, 1.82) is 0 Å². The third-order valence-electron chi connectivity index (χ3n) is 4.93. The van der Waals surface area contributed by atoms with Crippen LogP contribution < -0.4 is 20.1 Å². The molecule has 156 valence electrons. The van der Waals surface area contributed by atoms with Crippen LogP contribution in [0, 0.1) is 5.41 Å². The number of aliphatic imine (C=N–C) groups is 1. The molecule has 1 aromatic carbocycles. The highest BCUT2D eigenvalue weighted by Gasteiger charge is 2.28. The smallest absolute Gasteiger partial charge is 0.227 e. The highest BCUT2D eigenvalue weighted by molar-refractivity contribution is 5.84. The van der Waals surface area contributed by atoms with Gasteiger partial charge in [-0.25, -0.2) is 0 Å². The van der Waals surface area contributed by atoms with Crippen LogP contribution in [0.5, 0.6) is 11.5 Å². The van der Waals surface area contributed by atoms with Gasteiger partial charge in [-0.3, -0.25) is 9.79 Å². The molecule has 0 spiro atoms. The van der Waals surface area contributed by atoms with Crippen LogP contribution in [0.25, 0.3) is 0 Å². The molecule has 1 aliphatic rings. The van der Waals surface area contributed by atoms with Gasteiger partial charge in [0, 0.05) is 26.2 Å². The van der Waals surface area contributed by atoms with E-state index < -0.39 is 5.41 Å². The second-order valence-corrected chi connectivity index (χ2v) is 7.56. The second kappa shape index (κ2) is 9.66. The number of guanidine groups is 1. The van der Waals surface area contributed by atoms with Crippen LogP contribution in [-0.2, 0) is 17.8 Å². The zero-order chi connectivity index (χ0) is 20.7. The van der Waals surface area contributed by atoms with Crippen molar-refractivity contribution in [2.24, 2.45) is 10.4 Å². The first-order valence-electron chi connectivity index (χ1n) is 9.91. The van der Waals surface area contributed by atoms with E-state index >= 15 is 0 Å². The minimum absolute atomic E-state index is 0.0235. The molecule has 0 aliphatic carbocycles. The predicted molar refractivity (Wildman–Crippen MR) is 112 cm³/mol. The van der Waals surface area contributed by atoms with Crippen LogP contribution in [0.4, 0.5) is 0 Å². The van der Waals surface area contributed by atoms with Crippen molar-refractivity contribution in [3.8, 4) is 11.5 Å². The largest absolute Gasteiger partial charge is 0.493 e. The van der Waals surface area contributed by atoms with E-state index in [9.17, 15) is 4.79 Å². The van der Waals surface area contributed by atoms with Crippen LogP contribution in [-0.4, -0.2) is 57.2 Å². The summed E-state index contributed by atoms with van der Waals surface area (Å²) in [6.45, 7) is 11.2. The predicted octanol–water partition coefficient (Wildman–Crippen LogP) is 2.19. The molecule has 0 saturated heterocycles. The molecule has 2 rings (SSSR count). The lowest BCUT2D eigenvalue weighted by Gasteiger charge is -2.33. The molecule has 2 N–H and O–H groups in total. The Hall–Kier alpha value is -2.44. The highest BCUT2D eigenvalue weighted by atomic mass is 16.5. The standard InChI is InChI=1S/C21H34N4O3/c1-7-22-19(26)21(3,4)14-24-20(23-8-2)25-10-9-15-11-17(27-5)18(28-6)12-16(15)13-25/h11-12H,7-10,13-14H2,1-6H3,(H,22,26)(H,23,24). The lowest BCUT2D eigenvalue weighted by Crippen LogP contribution is -2.45. The Kier molecular flexibility index (Phi) is 7.54. The average molecular weight is 391 g/mol. The Morgan fingerprint density at radius 1 is 1.11 bits per heavy atom. The summed E-state index contributed by atoms with van der Waals surface area (Å²) in [5.41, 5.74) is 1.92. The Bertz CT molecular complexity index is 716. The monoisotopic (exact) mass is 390 g/mol. The van der Waals surface area contributed by atoms with Crippen LogP contribution >= 0.6 is 0 Å². The number of methoxy groups -OCH3 is 2. The first kappa shape index (κ1) is 21.9. The van der Waals surface area contributed by atoms with E-state index in [0.29, 0.717) is 13.1 Å². The molecule has 1 amide bonds. The van der Waals surface area contributed by atoms with Gasteiger partial charge in [0.1, 0.15) is 0 Å². The number of nitrogens with one attached hydrogen (secondary N) is 2. The molecule has 1 heterocycles. The van der Waals surface area contributed by atoms with Crippen LogP contribution in [0.3, 0.4) is 0 Å².